The molecule has 2 aliphatic rings. The Morgan fingerprint density at radius 3 is 2.62 bits per heavy atom. The molecule has 0 bridgehead atoms. The molecule has 0 amide bonds. The fraction of sp³-hybridized carbons (Fsp3) is 0.333. The zero-order valence-electron chi connectivity index (χ0n) is 17.4. The first-order valence-corrected chi connectivity index (χ1v) is 10.8. The van der Waals surface area contributed by atoms with E-state index in [2.05, 4.69) is 15.5 Å². The van der Waals surface area contributed by atoms with E-state index >= 15 is 0 Å². The van der Waals surface area contributed by atoms with Crippen molar-refractivity contribution in [2.24, 2.45) is 11.7 Å². The number of carboxylic acids is 1. The van der Waals surface area contributed by atoms with Crippen molar-refractivity contribution in [3.63, 3.8) is 0 Å². The number of fused-ring (bicyclic) bond motifs is 2. The number of carboxylic acid groups (broad SMARTS) is 1. The highest BCUT2D eigenvalue weighted by Gasteiger charge is 2.53. The number of nitrogens with two attached hydrogens (primary N) is 1. The minimum atomic E-state index is -1.80. The van der Waals surface area contributed by atoms with E-state index in [0.717, 1.165) is 30.5 Å². The lowest BCUT2D eigenvalue weighted by molar-refractivity contribution is -0.145. The van der Waals surface area contributed by atoms with E-state index in [1.165, 1.54) is 0 Å². The van der Waals surface area contributed by atoms with Crippen LogP contribution in [0.1, 0.15) is 47.8 Å². The number of Topliss-reactive ketones (excluding diaryl/α,β-unsaturated/α-hetero) is 1. The number of para-hydroxylation sites is 1. The molecule has 8 heteroatoms. The molecule has 32 heavy (non-hydrogen) atoms. The molecule has 2 aromatic carbocycles. The number of benzene rings is 2. The summed E-state index contributed by atoms with van der Waals surface area (Å²) < 4.78 is 5.57. The Bertz CT molecular complexity index is 1160. The first-order valence-electron chi connectivity index (χ1n) is 10.8. The summed E-state index contributed by atoms with van der Waals surface area (Å²) >= 11 is 0. The number of carbonyl (C=O) groups excluding carboxylic acids is 1. The van der Waals surface area contributed by atoms with E-state index in [4.69, 9.17) is 10.2 Å². The topological polar surface area (TPSA) is 131 Å². The highest BCUT2D eigenvalue weighted by molar-refractivity contribution is 5.97. The van der Waals surface area contributed by atoms with E-state index in [0.29, 0.717) is 5.56 Å². The number of aromatic nitrogens is 2. The number of hydrogen-bond donors (Lipinski definition) is 3. The van der Waals surface area contributed by atoms with E-state index in [1.807, 2.05) is 42.5 Å². The number of aliphatic carboxylic acids is 1. The Balaban J connectivity index is 1.49. The second-order valence-corrected chi connectivity index (χ2v) is 8.63. The van der Waals surface area contributed by atoms with E-state index in [1.54, 1.807) is 12.1 Å². The maximum absolute atomic E-state index is 13.1. The van der Waals surface area contributed by atoms with Crippen molar-refractivity contribution in [2.75, 3.05) is 5.32 Å². The van der Waals surface area contributed by atoms with Gasteiger partial charge in [-0.2, -0.15) is 0 Å². The number of carbonyl (C=O) groups is 2. The van der Waals surface area contributed by atoms with Gasteiger partial charge in [0.1, 0.15) is 5.54 Å². The lowest BCUT2D eigenvalue weighted by Crippen LogP contribution is -2.58. The third kappa shape index (κ3) is 3.36. The van der Waals surface area contributed by atoms with E-state index in [-0.39, 0.29) is 23.7 Å². The second-order valence-electron chi connectivity index (χ2n) is 8.63. The molecule has 4 unspecified atom stereocenters. The minimum Gasteiger partial charge on any atom is -0.480 e. The number of hydrogen-bond acceptors (Lipinski definition) is 7. The second kappa shape index (κ2) is 7.87. The predicted molar refractivity (Wildman–Crippen MR) is 117 cm³/mol. The van der Waals surface area contributed by atoms with Crippen LogP contribution >= 0.6 is 0 Å². The van der Waals surface area contributed by atoms with Gasteiger partial charge in [-0.1, -0.05) is 42.8 Å². The summed E-state index contributed by atoms with van der Waals surface area (Å²) in [6, 6.07) is 16.8. The quantitative estimate of drug-likeness (QED) is 0.505. The molecule has 2 heterocycles. The first kappa shape index (κ1) is 20.4. The van der Waals surface area contributed by atoms with Crippen molar-refractivity contribution < 1.29 is 19.1 Å². The SMILES string of the molecule is NC(CC(=O)c1nnc(-c2ccccc2)o1)(C(=O)O)C1c2ccccc2NC2CCCC21. The fourth-order valence-corrected chi connectivity index (χ4v) is 5.25. The summed E-state index contributed by atoms with van der Waals surface area (Å²) in [5, 5.41) is 21.6. The van der Waals surface area contributed by atoms with Crippen molar-refractivity contribution in [2.45, 2.75) is 43.2 Å². The molecule has 3 aromatic rings. The van der Waals surface area contributed by atoms with Crippen LogP contribution in [0.4, 0.5) is 5.69 Å². The van der Waals surface area contributed by atoms with Crippen molar-refractivity contribution in [1.29, 1.82) is 0 Å². The molecule has 8 nitrogen and oxygen atoms in total. The molecule has 0 spiro atoms. The molecule has 1 saturated carbocycles. The zero-order chi connectivity index (χ0) is 22.3. The van der Waals surface area contributed by atoms with Crippen LogP contribution in [-0.4, -0.2) is 38.6 Å². The predicted octanol–water partition coefficient (Wildman–Crippen LogP) is 3.47. The monoisotopic (exact) mass is 432 g/mol. The fourth-order valence-electron chi connectivity index (χ4n) is 5.25. The van der Waals surface area contributed by atoms with Crippen LogP contribution in [0.15, 0.2) is 59.0 Å². The zero-order valence-corrected chi connectivity index (χ0v) is 17.4. The molecule has 1 aliphatic heterocycles. The van der Waals surface area contributed by atoms with Gasteiger partial charge in [-0.3, -0.25) is 9.59 Å². The molecule has 1 aliphatic carbocycles. The van der Waals surface area contributed by atoms with Crippen LogP contribution in [0.2, 0.25) is 0 Å². The average Bonchev–Trinajstić information content (AvgIpc) is 3.47. The van der Waals surface area contributed by atoms with Gasteiger partial charge in [0.15, 0.2) is 0 Å². The molecule has 4 atom stereocenters. The maximum atomic E-state index is 13.1. The minimum absolute atomic E-state index is 0.0290. The molecule has 164 valence electrons. The van der Waals surface area contributed by atoms with Crippen molar-refractivity contribution in [3.05, 3.63) is 66.1 Å². The number of rotatable bonds is 6. The highest BCUT2D eigenvalue weighted by atomic mass is 16.4. The number of nitrogens with zero attached hydrogens (tertiary/aromatic N) is 2. The van der Waals surface area contributed by atoms with Gasteiger partial charge >= 0.3 is 5.97 Å². The molecule has 4 N–H and O–H groups in total. The summed E-state index contributed by atoms with van der Waals surface area (Å²) in [5.74, 6) is -2.29. The van der Waals surface area contributed by atoms with E-state index in [9.17, 15) is 14.7 Å². The smallest absolute Gasteiger partial charge is 0.324 e. The lowest BCUT2D eigenvalue weighted by atomic mass is 9.66. The van der Waals surface area contributed by atoms with Gasteiger partial charge < -0.3 is 20.6 Å². The third-order valence-electron chi connectivity index (χ3n) is 6.72. The highest BCUT2D eigenvalue weighted by Crippen LogP contribution is 2.50. The van der Waals surface area contributed by atoms with Crippen LogP contribution in [0.5, 0.6) is 0 Å². The largest absolute Gasteiger partial charge is 0.480 e. The Hall–Kier alpha value is -3.52. The standard InChI is InChI=1S/C24H24N4O4/c25-24(23(30)31,13-19(29)22-28-27-21(32-22)14-7-2-1-3-8-14)20-15-9-4-5-11-17(15)26-18-12-6-10-16(18)20/h1-5,7-9,11,16,18,20,26H,6,10,12-13,25H2,(H,30,31). The molecule has 1 fully saturated rings. The molecular formula is C24H24N4O4. The number of anilines is 1. The molecule has 0 radical (unpaired) electrons. The van der Waals surface area contributed by atoms with Crippen LogP contribution in [0, 0.1) is 5.92 Å². The van der Waals surface area contributed by atoms with Crippen LogP contribution in [0.3, 0.4) is 0 Å². The van der Waals surface area contributed by atoms with Gasteiger partial charge in [0.25, 0.3) is 5.89 Å². The average molecular weight is 432 g/mol. The summed E-state index contributed by atoms with van der Waals surface area (Å²) in [7, 11) is 0. The Morgan fingerprint density at radius 2 is 1.84 bits per heavy atom. The number of nitrogens with one attached hydrogen (secondary N) is 1. The van der Waals surface area contributed by atoms with Gasteiger partial charge in [0.2, 0.25) is 11.7 Å². The van der Waals surface area contributed by atoms with Gasteiger partial charge in [0.05, 0.1) is 0 Å². The van der Waals surface area contributed by atoms with Crippen molar-refractivity contribution >= 4 is 17.4 Å². The van der Waals surface area contributed by atoms with Gasteiger partial charge in [-0.05, 0) is 42.5 Å². The van der Waals surface area contributed by atoms with Crippen LogP contribution in [0.25, 0.3) is 11.5 Å². The molecular weight excluding hydrogens is 408 g/mol. The van der Waals surface area contributed by atoms with E-state index < -0.39 is 29.6 Å². The number of ketones is 1. The normalized spacial score (nSPS) is 23.5. The molecule has 5 rings (SSSR count). The third-order valence-corrected chi connectivity index (χ3v) is 6.72. The van der Waals surface area contributed by atoms with Gasteiger partial charge in [-0.25, -0.2) is 0 Å². The Kier molecular flexibility index (Phi) is 5.01. The van der Waals surface area contributed by atoms with Gasteiger partial charge in [0, 0.05) is 29.6 Å². The van der Waals surface area contributed by atoms with Crippen LogP contribution < -0.4 is 11.1 Å². The Morgan fingerprint density at radius 1 is 1.09 bits per heavy atom. The first-order chi connectivity index (χ1) is 15.5. The maximum Gasteiger partial charge on any atom is 0.324 e. The summed E-state index contributed by atoms with van der Waals surface area (Å²) in [6.07, 6.45) is 2.36. The van der Waals surface area contributed by atoms with Crippen LogP contribution in [-0.2, 0) is 4.79 Å². The Labute approximate surface area is 184 Å². The molecule has 1 aromatic heterocycles. The molecule has 0 saturated heterocycles. The summed E-state index contributed by atoms with van der Waals surface area (Å²) in [4.78, 5) is 25.6. The summed E-state index contributed by atoms with van der Waals surface area (Å²) in [6.45, 7) is 0. The summed E-state index contributed by atoms with van der Waals surface area (Å²) in [5.41, 5.74) is 7.20. The van der Waals surface area contributed by atoms with Crippen molar-refractivity contribution in [1.82, 2.24) is 10.2 Å². The lowest BCUT2D eigenvalue weighted by Gasteiger charge is -2.44. The van der Waals surface area contributed by atoms with Gasteiger partial charge in [-0.15, -0.1) is 10.2 Å². The van der Waals surface area contributed by atoms with Crippen molar-refractivity contribution in [3.8, 4) is 11.5 Å².